The maximum absolute atomic E-state index is 12.6. The van der Waals surface area contributed by atoms with Crippen molar-refractivity contribution in [1.82, 2.24) is 4.90 Å². The lowest BCUT2D eigenvalue weighted by Crippen LogP contribution is -2.46. The molecule has 4 nitrogen and oxygen atoms in total. The Kier molecular flexibility index (Phi) is 5.25. The molecule has 2 aromatic carbocycles. The van der Waals surface area contributed by atoms with Gasteiger partial charge in [0.05, 0.1) is 11.3 Å². The molecule has 1 spiro atoms. The lowest BCUT2D eigenvalue weighted by molar-refractivity contribution is -0.137. The van der Waals surface area contributed by atoms with Gasteiger partial charge in [0.15, 0.2) is 0 Å². The number of carbonyl (C=O) groups is 1. The topological polar surface area (TPSA) is 41.9 Å². The minimum absolute atomic E-state index is 0.341. The molecule has 0 aromatic heterocycles. The van der Waals surface area contributed by atoms with E-state index in [0.717, 1.165) is 23.4 Å². The Labute approximate surface area is 172 Å². The summed E-state index contributed by atoms with van der Waals surface area (Å²) in [7, 11) is 0. The zero-order valence-corrected chi connectivity index (χ0v) is 16.1. The van der Waals surface area contributed by atoms with Gasteiger partial charge >= 0.3 is 6.18 Å². The van der Waals surface area contributed by atoms with Crippen molar-refractivity contribution in [3.63, 3.8) is 0 Å². The van der Waals surface area contributed by atoms with Gasteiger partial charge < -0.3 is 9.74 Å². The molecule has 2 aromatic rings. The summed E-state index contributed by atoms with van der Waals surface area (Å²) in [6.45, 7) is 0.996. The molecule has 7 heteroatoms. The van der Waals surface area contributed by atoms with Crippen LogP contribution in [0.5, 0.6) is 0 Å². The molecule has 0 saturated carbocycles. The van der Waals surface area contributed by atoms with E-state index >= 15 is 0 Å². The van der Waals surface area contributed by atoms with Crippen molar-refractivity contribution in [3.8, 4) is 11.8 Å². The van der Waals surface area contributed by atoms with Crippen molar-refractivity contribution in [2.75, 3.05) is 13.1 Å². The van der Waals surface area contributed by atoms with Crippen LogP contribution in [-0.2, 0) is 15.8 Å². The van der Waals surface area contributed by atoms with Crippen LogP contribution >= 0.6 is 0 Å². The SMILES string of the molecule is O=C(C#Cc1ccc(C(F)(F)F)cc1)N1CCC2(CC1)CC(c1ccccc1)=NO2. The number of rotatable bonds is 1. The first kappa shape index (κ1) is 20.0. The third-order valence-corrected chi connectivity index (χ3v) is 5.43. The number of amides is 1. The fraction of sp³-hybridized carbons (Fsp3) is 0.304. The Bertz CT molecular complexity index is 1010. The Morgan fingerprint density at radius 2 is 1.70 bits per heavy atom. The number of hydrogen-bond acceptors (Lipinski definition) is 3. The van der Waals surface area contributed by atoms with E-state index in [0.29, 0.717) is 37.9 Å². The summed E-state index contributed by atoms with van der Waals surface area (Å²) in [5, 5.41) is 4.26. The van der Waals surface area contributed by atoms with Crippen LogP contribution in [0.15, 0.2) is 59.8 Å². The number of benzene rings is 2. The van der Waals surface area contributed by atoms with Gasteiger partial charge in [-0.05, 0) is 29.8 Å². The van der Waals surface area contributed by atoms with Gasteiger partial charge in [-0.3, -0.25) is 4.79 Å². The van der Waals surface area contributed by atoms with Gasteiger partial charge in [-0.25, -0.2) is 0 Å². The van der Waals surface area contributed by atoms with Crippen LogP contribution < -0.4 is 0 Å². The highest BCUT2D eigenvalue weighted by Gasteiger charge is 2.43. The quantitative estimate of drug-likeness (QED) is 0.658. The van der Waals surface area contributed by atoms with Crippen molar-refractivity contribution in [3.05, 3.63) is 71.3 Å². The fourth-order valence-corrected chi connectivity index (χ4v) is 3.64. The second-order valence-corrected chi connectivity index (χ2v) is 7.47. The molecule has 1 fully saturated rings. The van der Waals surface area contributed by atoms with E-state index in [2.05, 4.69) is 17.0 Å². The number of piperidine rings is 1. The normalized spacial score (nSPS) is 17.7. The van der Waals surface area contributed by atoms with E-state index in [1.165, 1.54) is 12.1 Å². The molecule has 0 N–H and O–H groups in total. The summed E-state index contributed by atoms with van der Waals surface area (Å²) >= 11 is 0. The van der Waals surface area contributed by atoms with E-state index in [-0.39, 0.29) is 11.5 Å². The molecule has 30 heavy (non-hydrogen) atoms. The average molecular weight is 412 g/mol. The molecular weight excluding hydrogens is 393 g/mol. The molecule has 0 aliphatic carbocycles. The minimum Gasteiger partial charge on any atom is -0.388 e. The van der Waals surface area contributed by atoms with Crippen molar-refractivity contribution in [2.24, 2.45) is 5.16 Å². The number of halogens is 3. The molecule has 2 heterocycles. The Balaban J connectivity index is 1.33. The van der Waals surface area contributed by atoms with Gasteiger partial charge in [-0.2, -0.15) is 13.2 Å². The number of carbonyl (C=O) groups excluding carboxylic acids is 1. The highest BCUT2D eigenvalue weighted by atomic mass is 19.4. The molecule has 1 saturated heterocycles. The average Bonchev–Trinajstić information content (AvgIpc) is 3.16. The Morgan fingerprint density at radius 3 is 2.33 bits per heavy atom. The largest absolute Gasteiger partial charge is 0.416 e. The van der Waals surface area contributed by atoms with Crippen molar-refractivity contribution >= 4 is 11.6 Å². The van der Waals surface area contributed by atoms with Crippen LogP contribution in [-0.4, -0.2) is 35.2 Å². The first-order valence-electron chi connectivity index (χ1n) is 9.63. The predicted octanol–water partition coefficient (Wildman–Crippen LogP) is 4.24. The van der Waals surface area contributed by atoms with E-state index in [1.54, 1.807) is 4.90 Å². The summed E-state index contributed by atoms with van der Waals surface area (Å²) in [5.41, 5.74) is 1.19. The van der Waals surface area contributed by atoms with Crippen LogP contribution in [0, 0.1) is 11.8 Å². The molecule has 2 aliphatic rings. The van der Waals surface area contributed by atoms with Crippen LogP contribution in [0.25, 0.3) is 0 Å². The van der Waals surface area contributed by atoms with E-state index in [1.807, 2.05) is 30.3 Å². The number of nitrogens with zero attached hydrogens (tertiary/aromatic N) is 2. The molecule has 0 bridgehead atoms. The van der Waals surface area contributed by atoms with Gasteiger partial charge in [0.2, 0.25) is 0 Å². The number of likely N-dealkylation sites (tertiary alicyclic amines) is 1. The Hall–Kier alpha value is -3.27. The number of oxime groups is 1. The summed E-state index contributed by atoms with van der Waals surface area (Å²) in [5.74, 6) is 4.83. The zero-order chi connectivity index (χ0) is 21.2. The van der Waals surface area contributed by atoms with Crippen molar-refractivity contribution in [1.29, 1.82) is 0 Å². The maximum atomic E-state index is 12.6. The summed E-state index contributed by atoms with van der Waals surface area (Å²) in [6, 6.07) is 14.3. The fourth-order valence-electron chi connectivity index (χ4n) is 3.64. The highest BCUT2D eigenvalue weighted by Crippen LogP contribution is 2.36. The van der Waals surface area contributed by atoms with Gasteiger partial charge in [0, 0.05) is 43.8 Å². The highest BCUT2D eigenvalue weighted by molar-refractivity contribution is 6.01. The number of hydrogen-bond donors (Lipinski definition) is 0. The monoisotopic (exact) mass is 412 g/mol. The molecule has 154 valence electrons. The minimum atomic E-state index is -4.39. The molecule has 0 radical (unpaired) electrons. The van der Waals surface area contributed by atoms with Gasteiger partial charge in [0.1, 0.15) is 5.60 Å². The van der Waals surface area contributed by atoms with E-state index in [9.17, 15) is 18.0 Å². The predicted molar refractivity (Wildman–Crippen MR) is 106 cm³/mol. The lowest BCUT2D eigenvalue weighted by atomic mass is 9.85. The molecule has 0 atom stereocenters. The Morgan fingerprint density at radius 1 is 1.03 bits per heavy atom. The lowest BCUT2D eigenvalue weighted by Gasteiger charge is -2.36. The summed E-state index contributed by atoms with van der Waals surface area (Å²) < 4.78 is 37.8. The molecule has 2 aliphatic heterocycles. The maximum Gasteiger partial charge on any atom is 0.416 e. The smallest absolute Gasteiger partial charge is 0.388 e. The standard InChI is InChI=1S/C23H19F3N2O2/c24-23(25,26)19-9-6-17(7-10-19)8-11-21(29)28-14-12-22(13-15-28)16-20(27-30-22)18-4-2-1-3-5-18/h1-7,9-10H,12-16H2. The second kappa shape index (κ2) is 7.86. The molecule has 0 unspecified atom stereocenters. The first-order valence-corrected chi connectivity index (χ1v) is 9.63. The summed E-state index contributed by atoms with van der Waals surface area (Å²) in [4.78, 5) is 19.8. The van der Waals surface area contributed by atoms with Crippen LogP contribution in [0.3, 0.4) is 0 Å². The molecule has 1 amide bonds. The molecule has 4 rings (SSSR count). The second-order valence-electron chi connectivity index (χ2n) is 7.47. The van der Waals surface area contributed by atoms with Crippen molar-refractivity contribution in [2.45, 2.75) is 31.0 Å². The third-order valence-electron chi connectivity index (χ3n) is 5.43. The van der Waals surface area contributed by atoms with E-state index in [4.69, 9.17) is 4.84 Å². The number of alkyl halides is 3. The van der Waals surface area contributed by atoms with E-state index < -0.39 is 11.7 Å². The molecular formula is C23H19F3N2O2. The van der Waals surface area contributed by atoms with Gasteiger partial charge in [0.25, 0.3) is 5.91 Å². The van der Waals surface area contributed by atoms with Crippen LogP contribution in [0.4, 0.5) is 13.2 Å². The van der Waals surface area contributed by atoms with Crippen LogP contribution in [0.1, 0.15) is 36.0 Å². The van der Waals surface area contributed by atoms with Gasteiger partial charge in [-0.1, -0.05) is 41.4 Å². The zero-order valence-electron chi connectivity index (χ0n) is 16.1. The first-order chi connectivity index (χ1) is 14.3. The van der Waals surface area contributed by atoms with Gasteiger partial charge in [-0.15, -0.1) is 0 Å². The summed E-state index contributed by atoms with van der Waals surface area (Å²) in [6.07, 6.45) is -2.38. The third kappa shape index (κ3) is 4.33. The van der Waals surface area contributed by atoms with Crippen molar-refractivity contribution < 1.29 is 22.8 Å². The van der Waals surface area contributed by atoms with Crippen LogP contribution in [0.2, 0.25) is 0 Å².